The lowest BCUT2D eigenvalue weighted by molar-refractivity contribution is -0.123. The summed E-state index contributed by atoms with van der Waals surface area (Å²) in [5.41, 5.74) is 6.98. The van der Waals surface area contributed by atoms with E-state index >= 15 is 0 Å². The van der Waals surface area contributed by atoms with Crippen molar-refractivity contribution in [3.8, 4) is 0 Å². The lowest BCUT2D eigenvalue weighted by Crippen LogP contribution is -2.42. The van der Waals surface area contributed by atoms with Crippen molar-refractivity contribution in [2.45, 2.75) is 63.6 Å². The molecule has 2 aliphatic carbocycles. The molecule has 1 spiro atoms. The molecule has 1 saturated carbocycles. The quantitative estimate of drug-likeness (QED) is 0.258. The highest BCUT2D eigenvalue weighted by Gasteiger charge is 2.59. The molecule has 7 rings (SSSR count). The summed E-state index contributed by atoms with van der Waals surface area (Å²) < 4.78 is 0. The minimum absolute atomic E-state index is 0.267. The first-order chi connectivity index (χ1) is 19.2. The first-order valence-corrected chi connectivity index (χ1v) is 14.4. The van der Waals surface area contributed by atoms with E-state index in [-0.39, 0.29) is 5.91 Å². The number of nitrogens with zero attached hydrogens (tertiary/aromatic N) is 3. The van der Waals surface area contributed by atoms with E-state index in [0.29, 0.717) is 12.0 Å². The molecule has 1 aromatic heterocycles. The summed E-state index contributed by atoms with van der Waals surface area (Å²) in [5, 5.41) is 0. The summed E-state index contributed by atoms with van der Waals surface area (Å²) in [6.45, 7) is 3.90. The number of amides is 1. The number of rotatable bonds is 8. The van der Waals surface area contributed by atoms with Crippen LogP contribution in [0.2, 0.25) is 0 Å². The highest BCUT2D eigenvalue weighted by atomic mass is 16.2. The number of anilines is 2. The molecule has 39 heavy (non-hydrogen) atoms. The normalized spacial score (nSPS) is 22.7. The van der Waals surface area contributed by atoms with E-state index in [9.17, 15) is 4.79 Å². The van der Waals surface area contributed by atoms with Crippen LogP contribution in [-0.2, 0) is 36.1 Å². The SMILES string of the molecule is CCCC1CC1N1C(=O)[C@@]2(Cc3ccc(N(Cc4ccccc4)Cc4ccccc4)cc3C2)c2cccnc21. The molecule has 4 heteroatoms. The van der Waals surface area contributed by atoms with Gasteiger partial charge >= 0.3 is 0 Å². The van der Waals surface area contributed by atoms with Gasteiger partial charge in [0.25, 0.3) is 0 Å². The predicted molar refractivity (Wildman–Crippen MR) is 157 cm³/mol. The van der Waals surface area contributed by atoms with Crippen LogP contribution in [0.3, 0.4) is 0 Å². The van der Waals surface area contributed by atoms with Crippen molar-refractivity contribution in [2.75, 3.05) is 9.80 Å². The third-order valence-electron chi connectivity index (χ3n) is 9.01. The van der Waals surface area contributed by atoms with Gasteiger partial charge in [-0.2, -0.15) is 0 Å². The summed E-state index contributed by atoms with van der Waals surface area (Å²) in [7, 11) is 0. The second-order valence-electron chi connectivity index (χ2n) is 11.6. The Bertz CT molecular complexity index is 1460. The molecule has 3 aliphatic rings. The second-order valence-corrected chi connectivity index (χ2v) is 11.6. The van der Waals surface area contributed by atoms with E-state index in [0.717, 1.165) is 43.7 Å². The Kier molecular flexibility index (Phi) is 5.99. The van der Waals surface area contributed by atoms with Gasteiger partial charge in [0, 0.05) is 36.6 Å². The van der Waals surface area contributed by atoms with Crippen LogP contribution in [0.15, 0.2) is 97.2 Å². The van der Waals surface area contributed by atoms with E-state index < -0.39 is 5.41 Å². The lowest BCUT2D eigenvalue weighted by atomic mass is 9.79. The minimum atomic E-state index is -0.520. The Morgan fingerprint density at radius 3 is 2.26 bits per heavy atom. The minimum Gasteiger partial charge on any atom is -0.363 e. The molecule has 196 valence electrons. The van der Waals surface area contributed by atoms with Gasteiger partial charge in [-0.15, -0.1) is 0 Å². The van der Waals surface area contributed by atoms with Gasteiger partial charge in [0.05, 0.1) is 5.41 Å². The van der Waals surface area contributed by atoms with E-state index in [4.69, 9.17) is 4.98 Å². The smallest absolute Gasteiger partial charge is 0.239 e. The molecular formula is C35H35N3O. The molecular weight excluding hydrogens is 478 g/mol. The highest BCUT2D eigenvalue weighted by molar-refractivity contribution is 6.09. The Morgan fingerprint density at radius 1 is 0.872 bits per heavy atom. The number of hydrogen-bond donors (Lipinski definition) is 0. The molecule has 1 amide bonds. The number of carbonyl (C=O) groups is 1. The molecule has 0 radical (unpaired) electrons. The average Bonchev–Trinajstić information content (AvgIpc) is 3.53. The van der Waals surface area contributed by atoms with Crippen LogP contribution in [0.5, 0.6) is 0 Å². The Labute approximate surface area is 231 Å². The number of pyridine rings is 1. The van der Waals surface area contributed by atoms with Gasteiger partial charge in [-0.05, 0) is 72.1 Å². The molecule has 1 fully saturated rings. The summed E-state index contributed by atoms with van der Waals surface area (Å²) >= 11 is 0. The van der Waals surface area contributed by atoms with Crippen LogP contribution in [0.1, 0.15) is 54.0 Å². The molecule has 2 unspecified atom stereocenters. The van der Waals surface area contributed by atoms with E-state index in [2.05, 4.69) is 102 Å². The molecule has 4 aromatic rings. The molecule has 0 N–H and O–H groups in total. The molecule has 2 heterocycles. The molecule has 3 aromatic carbocycles. The molecule has 0 saturated heterocycles. The topological polar surface area (TPSA) is 36.4 Å². The Morgan fingerprint density at radius 2 is 1.56 bits per heavy atom. The van der Waals surface area contributed by atoms with Crippen LogP contribution in [0.25, 0.3) is 0 Å². The van der Waals surface area contributed by atoms with Crippen LogP contribution in [-0.4, -0.2) is 16.9 Å². The van der Waals surface area contributed by atoms with Gasteiger partial charge < -0.3 is 4.90 Å². The summed E-state index contributed by atoms with van der Waals surface area (Å²) in [5.74, 6) is 1.79. The highest BCUT2D eigenvalue weighted by Crippen LogP contribution is 2.54. The standard InChI is InChI=1S/C35H35N3O/c1-2-10-27-20-32(27)38-33-31(15-9-18-36-33)35(34(38)39)21-28-16-17-30(19-29(28)22-35)37(23-25-11-5-3-6-12-25)24-26-13-7-4-8-14-26/h3-9,11-19,27,32H,2,10,20-24H2,1H3/t27?,32?,35-/m1/s1. The number of benzene rings is 3. The van der Waals surface area contributed by atoms with Crippen LogP contribution in [0.4, 0.5) is 11.5 Å². The molecule has 0 bridgehead atoms. The number of carbonyl (C=O) groups excluding carboxylic acids is 1. The fourth-order valence-electron chi connectivity index (χ4n) is 6.99. The van der Waals surface area contributed by atoms with Gasteiger partial charge in [0.1, 0.15) is 5.82 Å². The third-order valence-corrected chi connectivity index (χ3v) is 9.01. The third kappa shape index (κ3) is 4.23. The Hall–Kier alpha value is -3.92. The van der Waals surface area contributed by atoms with Crippen LogP contribution >= 0.6 is 0 Å². The van der Waals surface area contributed by atoms with Crippen LogP contribution in [0, 0.1) is 5.92 Å². The maximum absolute atomic E-state index is 14.3. The number of fused-ring (bicyclic) bond motifs is 3. The molecule has 3 atom stereocenters. The summed E-state index contributed by atoms with van der Waals surface area (Å²) in [6.07, 6.45) is 6.82. The van der Waals surface area contributed by atoms with Crippen molar-refractivity contribution >= 4 is 17.4 Å². The van der Waals surface area contributed by atoms with Gasteiger partial charge in [-0.25, -0.2) is 4.98 Å². The van der Waals surface area contributed by atoms with Crippen molar-refractivity contribution in [2.24, 2.45) is 5.92 Å². The van der Waals surface area contributed by atoms with E-state index in [1.807, 2.05) is 12.3 Å². The largest absolute Gasteiger partial charge is 0.363 e. The predicted octanol–water partition coefficient (Wildman–Crippen LogP) is 6.86. The average molecular weight is 514 g/mol. The zero-order valence-electron chi connectivity index (χ0n) is 22.6. The number of hydrogen-bond acceptors (Lipinski definition) is 3. The molecule has 1 aliphatic heterocycles. The number of aromatic nitrogens is 1. The van der Waals surface area contributed by atoms with E-state index in [1.165, 1.54) is 40.8 Å². The maximum Gasteiger partial charge on any atom is 0.239 e. The van der Waals surface area contributed by atoms with Crippen molar-refractivity contribution in [3.05, 3.63) is 125 Å². The maximum atomic E-state index is 14.3. The summed E-state index contributed by atoms with van der Waals surface area (Å²) in [6, 6.07) is 32.7. The van der Waals surface area contributed by atoms with Gasteiger partial charge in [0.15, 0.2) is 0 Å². The van der Waals surface area contributed by atoms with Gasteiger partial charge in [-0.1, -0.05) is 86.1 Å². The fraction of sp³-hybridized carbons (Fsp3) is 0.314. The van der Waals surface area contributed by atoms with Crippen molar-refractivity contribution in [1.82, 2.24) is 4.98 Å². The monoisotopic (exact) mass is 513 g/mol. The van der Waals surface area contributed by atoms with Crippen molar-refractivity contribution in [3.63, 3.8) is 0 Å². The zero-order valence-corrected chi connectivity index (χ0v) is 22.6. The zero-order chi connectivity index (χ0) is 26.4. The molecule has 4 nitrogen and oxygen atoms in total. The Balaban J connectivity index is 1.21. The first-order valence-electron chi connectivity index (χ1n) is 14.4. The lowest BCUT2D eigenvalue weighted by Gasteiger charge is -2.26. The van der Waals surface area contributed by atoms with Gasteiger partial charge in [0.2, 0.25) is 5.91 Å². The van der Waals surface area contributed by atoms with E-state index in [1.54, 1.807) is 0 Å². The van der Waals surface area contributed by atoms with Gasteiger partial charge in [-0.3, -0.25) is 9.69 Å². The second kappa shape index (κ2) is 9.68. The summed E-state index contributed by atoms with van der Waals surface area (Å²) in [4.78, 5) is 23.6. The first kappa shape index (κ1) is 24.1. The van der Waals surface area contributed by atoms with Crippen molar-refractivity contribution < 1.29 is 4.79 Å². The fourth-order valence-corrected chi connectivity index (χ4v) is 6.99. The van der Waals surface area contributed by atoms with Crippen LogP contribution < -0.4 is 9.80 Å². The van der Waals surface area contributed by atoms with Crippen molar-refractivity contribution in [1.29, 1.82) is 0 Å².